The molecule has 2 aromatic carbocycles. The lowest BCUT2D eigenvalue weighted by Crippen LogP contribution is -2.65. The van der Waals surface area contributed by atoms with Gasteiger partial charge in [0, 0.05) is 12.8 Å². The number of hydrogen-bond acceptors (Lipinski definition) is 11. The average molecular weight is 984 g/mol. The van der Waals surface area contributed by atoms with Crippen LogP contribution in [-0.2, 0) is 45.9 Å². The van der Waals surface area contributed by atoms with Crippen LogP contribution in [0.1, 0.15) is 187 Å². The van der Waals surface area contributed by atoms with Crippen molar-refractivity contribution in [3.05, 3.63) is 59.7 Å². The summed E-state index contributed by atoms with van der Waals surface area (Å²) in [5, 5.41) is 25.9. The average Bonchev–Trinajstić information content (AvgIpc) is 3.32. The van der Waals surface area contributed by atoms with Crippen LogP contribution in [0.2, 0.25) is 18.1 Å². The van der Waals surface area contributed by atoms with Crippen LogP contribution in [0.5, 0.6) is 11.5 Å². The standard InChI is InChI=1S/C56H93NO11Si/c1-9-10-11-12-13-14-15-20-25-30-47(66-50(59)31-26-21-16-18-23-28-43-33-37-45(63-5)38-34-43)41-49(58)57-52-54(53(61)48(67-55(52)62)42-65-69(7,8)56(2,3)4)68-51(60)32-27-22-17-19-24-29-44-35-39-46(64-6)40-36-44/h33-40,47-48,52-55,61-62H,9-32,41-42H2,1-8H3,(H,57,58)/t47-,48+,52+,53+,54+,55?/m0/s1. The predicted molar refractivity (Wildman–Crippen MR) is 277 cm³/mol. The Morgan fingerprint density at radius 1 is 0.667 bits per heavy atom. The molecule has 0 radical (unpaired) electrons. The SMILES string of the molecule is CCCCCCCCCCC[C@@H](CC(=O)N[C@H]1C(O)O[C@H](CO[Si](C)(C)C(C)(C)C)[C@@H](O)[C@@H]1OC(=O)CCCCCCCc1ccc(OC)cc1)OC(=O)CCCCCCCc1ccc(OC)cc1. The Bertz CT molecular complexity index is 1700. The molecule has 13 heteroatoms. The Labute approximate surface area is 417 Å². The van der Waals surface area contributed by atoms with Gasteiger partial charge in [0.15, 0.2) is 20.7 Å². The van der Waals surface area contributed by atoms with Crippen molar-refractivity contribution >= 4 is 26.2 Å². The molecule has 69 heavy (non-hydrogen) atoms. The zero-order valence-electron chi connectivity index (χ0n) is 44.0. The molecule has 12 nitrogen and oxygen atoms in total. The van der Waals surface area contributed by atoms with Crippen molar-refractivity contribution in [2.75, 3.05) is 20.8 Å². The first kappa shape index (κ1) is 59.8. The molecule has 0 saturated carbocycles. The fraction of sp³-hybridized carbons (Fsp3) is 0.732. The van der Waals surface area contributed by atoms with E-state index in [-0.39, 0.29) is 36.9 Å². The molecule has 1 unspecified atom stereocenters. The molecule has 1 saturated heterocycles. The fourth-order valence-corrected chi connectivity index (χ4v) is 9.52. The van der Waals surface area contributed by atoms with E-state index < -0.39 is 56.9 Å². The van der Waals surface area contributed by atoms with Crippen LogP contribution in [0.3, 0.4) is 0 Å². The van der Waals surface area contributed by atoms with Crippen LogP contribution in [0.15, 0.2) is 48.5 Å². The fourth-order valence-electron chi connectivity index (χ4n) is 8.51. The predicted octanol–water partition coefficient (Wildman–Crippen LogP) is 11.9. The van der Waals surface area contributed by atoms with Crippen molar-refractivity contribution in [3.63, 3.8) is 0 Å². The third kappa shape index (κ3) is 24.0. The van der Waals surface area contributed by atoms with Gasteiger partial charge in [0.25, 0.3) is 0 Å². The second kappa shape index (κ2) is 33.2. The summed E-state index contributed by atoms with van der Waals surface area (Å²) in [7, 11) is 1.05. The number of nitrogens with one attached hydrogen (secondary N) is 1. The van der Waals surface area contributed by atoms with Gasteiger partial charge in [-0.25, -0.2) is 0 Å². The third-order valence-corrected chi connectivity index (χ3v) is 18.6. The summed E-state index contributed by atoms with van der Waals surface area (Å²) in [5.41, 5.74) is 2.54. The highest BCUT2D eigenvalue weighted by Gasteiger charge is 2.49. The van der Waals surface area contributed by atoms with Gasteiger partial charge in [0.05, 0.1) is 27.2 Å². The Morgan fingerprint density at radius 2 is 1.13 bits per heavy atom. The Hall–Kier alpha value is -3.49. The van der Waals surface area contributed by atoms with Gasteiger partial charge >= 0.3 is 11.9 Å². The van der Waals surface area contributed by atoms with Crippen molar-refractivity contribution < 1.29 is 52.7 Å². The number of rotatable bonds is 36. The lowest BCUT2D eigenvalue weighted by molar-refractivity contribution is -0.258. The molecule has 2 aromatic rings. The number of aryl methyl sites for hydroxylation is 2. The molecule has 6 atom stereocenters. The van der Waals surface area contributed by atoms with Crippen LogP contribution in [0.4, 0.5) is 0 Å². The van der Waals surface area contributed by atoms with Gasteiger partial charge < -0.3 is 43.6 Å². The number of esters is 2. The minimum atomic E-state index is -2.28. The first-order chi connectivity index (χ1) is 33.1. The number of aliphatic hydroxyl groups is 2. The van der Waals surface area contributed by atoms with Crippen LogP contribution in [0.25, 0.3) is 0 Å². The summed E-state index contributed by atoms with van der Waals surface area (Å²) in [6.07, 6.45) is 16.3. The van der Waals surface area contributed by atoms with Gasteiger partial charge in [0.2, 0.25) is 5.91 Å². The van der Waals surface area contributed by atoms with Crippen molar-refractivity contribution in [1.82, 2.24) is 5.32 Å². The van der Waals surface area contributed by atoms with Gasteiger partial charge in [-0.3, -0.25) is 14.4 Å². The van der Waals surface area contributed by atoms with Crippen LogP contribution < -0.4 is 14.8 Å². The Balaban J connectivity index is 1.59. The molecule has 3 rings (SSSR count). The first-order valence-corrected chi connectivity index (χ1v) is 29.6. The largest absolute Gasteiger partial charge is 0.497 e. The quantitative estimate of drug-likeness (QED) is 0.0339. The molecule has 1 aliphatic rings. The lowest BCUT2D eigenvalue weighted by atomic mass is 9.96. The minimum Gasteiger partial charge on any atom is -0.497 e. The van der Waals surface area contributed by atoms with Crippen molar-refractivity contribution in [2.45, 2.75) is 243 Å². The summed E-state index contributed by atoms with van der Waals surface area (Å²) >= 11 is 0. The van der Waals surface area contributed by atoms with E-state index in [2.05, 4.69) is 70.4 Å². The zero-order chi connectivity index (χ0) is 50.5. The monoisotopic (exact) mass is 984 g/mol. The van der Waals surface area contributed by atoms with E-state index in [1.165, 1.54) is 43.2 Å². The molecular formula is C56H93NO11Si. The molecule has 392 valence electrons. The molecule has 3 N–H and O–H groups in total. The highest BCUT2D eigenvalue weighted by atomic mass is 28.4. The number of benzene rings is 2. The number of carbonyl (C=O) groups is 3. The second-order valence-corrected chi connectivity index (χ2v) is 25.6. The third-order valence-electron chi connectivity index (χ3n) is 14.1. The normalized spacial score (nSPS) is 18.9. The number of aliphatic hydroxyl groups excluding tert-OH is 2. The number of unbranched alkanes of at least 4 members (excludes halogenated alkanes) is 16. The number of ether oxygens (including phenoxy) is 5. The number of hydrogen-bond donors (Lipinski definition) is 3. The smallest absolute Gasteiger partial charge is 0.306 e. The molecule has 0 aromatic heterocycles. The number of carbonyl (C=O) groups excluding carboxylic acids is 3. The molecule has 0 spiro atoms. The van der Waals surface area contributed by atoms with E-state index in [1.807, 2.05) is 24.3 Å². The van der Waals surface area contributed by atoms with Crippen molar-refractivity contribution in [1.29, 1.82) is 0 Å². The lowest BCUT2D eigenvalue weighted by Gasteiger charge is -2.44. The van der Waals surface area contributed by atoms with Crippen molar-refractivity contribution in [3.8, 4) is 11.5 Å². The molecule has 1 amide bonds. The maximum absolute atomic E-state index is 13.9. The maximum Gasteiger partial charge on any atom is 0.306 e. The van der Waals surface area contributed by atoms with E-state index in [1.54, 1.807) is 14.2 Å². The molecule has 1 heterocycles. The summed E-state index contributed by atoms with van der Waals surface area (Å²) < 4.78 is 34.8. The van der Waals surface area contributed by atoms with E-state index in [4.69, 9.17) is 28.1 Å². The zero-order valence-corrected chi connectivity index (χ0v) is 45.0. The van der Waals surface area contributed by atoms with Gasteiger partial charge in [-0.15, -0.1) is 0 Å². The summed E-state index contributed by atoms with van der Waals surface area (Å²) in [5.74, 6) is 0.352. The van der Waals surface area contributed by atoms with Crippen LogP contribution in [0, 0.1) is 0 Å². The molecule has 0 bridgehead atoms. The maximum atomic E-state index is 13.9. The Morgan fingerprint density at radius 3 is 1.62 bits per heavy atom. The first-order valence-electron chi connectivity index (χ1n) is 26.7. The van der Waals surface area contributed by atoms with Crippen LogP contribution >= 0.6 is 0 Å². The molecular weight excluding hydrogens is 891 g/mol. The van der Waals surface area contributed by atoms with Gasteiger partial charge in [-0.1, -0.05) is 142 Å². The number of amides is 1. The van der Waals surface area contributed by atoms with E-state index in [0.29, 0.717) is 19.3 Å². The number of methoxy groups -OCH3 is 2. The van der Waals surface area contributed by atoms with E-state index in [9.17, 15) is 24.6 Å². The summed E-state index contributed by atoms with van der Waals surface area (Å²) in [6, 6.07) is 15.0. The highest BCUT2D eigenvalue weighted by molar-refractivity contribution is 6.74. The minimum absolute atomic E-state index is 0.0135. The second-order valence-electron chi connectivity index (χ2n) is 20.8. The topological polar surface area (TPSA) is 159 Å². The summed E-state index contributed by atoms with van der Waals surface area (Å²) in [6.45, 7) is 12.7. The van der Waals surface area contributed by atoms with E-state index >= 15 is 0 Å². The van der Waals surface area contributed by atoms with Crippen LogP contribution in [-0.4, -0.2) is 94.0 Å². The van der Waals surface area contributed by atoms with Gasteiger partial charge in [-0.05, 0) is 105 Å². The Kier molecular flexibility index (Phi) is 28.8. The van der Waals surface area contributed by atoms with Crippen molar-refractivity contribution in [2.24, 2.45) is 0 Å². The molecule has 1 fully saturated rings. The molecule has 0 aliphatic carbocycles. The van der Waals surface area contributed by atoms with Gasteiger partial charge in [0.1, 0.15) is 35.9 Å². The summed E-state index contributed by atoms with van der Waals surface area (Å²) in [4.78, 5) is 40.5. The van der Waals surface area contributed by atoms with Gasteiger partial charge in [-0.2, -0.15) is 0 Å². The highest BCUT2D eigenvalue weighted by Crippen LogP contribution is 2.37. The van der Waals surface area contributed by atoms with E-state index in [0.717, 1.165) is 101 Å². The molecule has 1 aliphatic heterocycles.